The standard InChI is InChI=1S/C22H21N5O4/c1-13-15-6-4-5-7-16(15)21(29)27(13)11-10-19(28)23-22-24-20(25-26-22)17-9-8-14(30-2)12-18(17)31-3/h4-9,12H,1,10-11H2,2-3H3,(H2,23,24,25,26,28). The third kappa shape index (κ3) is 3.85. The minimum atomic E-state index is -0.316. The first kappa shape index (κ1) is 20.1. The van der Waals surface area contributed by atoms with Gasteiger partial charge in [-0.2, -0.15) is 4.98 Å². The van der Waals surface area contributed by atoms with E-state index in [1.807, 2.05) is 12.1 Å². The smallest absolute Gasteiger partial charge is 0.258 e. The van der Waals surface area contributed by atoms with E-state index in [2.05, 4.69) is 27.1 Å². The van der Waals surface area contributed by atoms with Crippen molar-refractivity contribution in [3.8, 4) is 22.9 Å². The minimum absolute atomic E-state index is 0.0779. The summed E-state index contributed by atoms with van der Waals surface area (Å²) in [7, 11) is 3.11. The maximum Gasteiger partial charge on any atom is 0.258 e. The van der Waals surface area contributed by atoms with Crippen molar-refractivity contribution in [2.24, 2.45) is 0 Å². The molecular weight excluding hydrogens is 398 g/mol. The molecule has 0 spiro atoms. The SMILES string of the molecule is C=C1c2ccccc2C(=O)N1CCC(=O)Nc1n[nH]c(-c2ccc(OC)cc2OC)n1. The van der Waals surface area contributed by atoms with Crippen molar-refractivity contribution < 1.29 is 19.1 Å². The summed E-state index contributed by atoms with van der Waals surface area (Å²) in [6, 6.07) is 12.5. The highest BCUT2D eigenvalue weighted by molar-refractivity contribution is 6.09. The van der Waals surface area contributed by atoms with Crippen LogP contribution in [-0.4, -0.2) is 52.7 Å². The third-order valence-corrected chi connectivity index (χ3v) is 5.00. The Labute approximate surface area is 178 Å². The van der Waals surface area contributed by atoms with E-state index < -0.39 is 0 Å². The first-order valence-corrected chi connectivity index (χ1v) is 9.56. The molecule has 0 unspecified atom stereocenters. The number of aromatic amines is 1. The van der Waals surface area contributed by atoms with Crippen molar-refractivity contribution in [3.05, 3.63) is 60.2 Å². The Hall–Kier alpha value is -4.14. The Balaban J connectivity index is 1.39. The number of anilines is 1. The lowest BCUT2D eigenvalue weighted by atomic mass is 10.1. The number of rotatable bonds is 7. The van der Waals surface area contributed by atoms with Gasteiger partial charge >= 0.3 is 0 Å². The number of hydrogen-bond acceptors (Lipinski definition) is 6. The number of carbonyl (C=O) groups excluding carboxylic acids is 2. The second kappa shape index (κ2) is 8.31. The van der Waals surface area contributed by atoms with E-state index in [4.69, 9.17) is 9.47 Å². The summed E-state index contributed by atoms with van der Waals surface area (Å²) in [6.45, 7) is 4.19. The molecule has 9 heteroatoms. The van der Waals surface area contributed by atoms with Crippen LogP contribution in [0.2, 0.25) is 0 Å². The largest absolute Gasteiger partial charge is 0.497 e. The third-order valence-electron chi connectivity index (χ3n) is 5.00. The van der Waals surface area contributed by atoms with E-state index in [1.165, 1.54) is 4.90 Å². The molecule has 0 saturated heterocycles. The van der Waals surface area contributed by atoms with Crippen LogP contribution in [0.3, 0.4) is 0 Å². The Morgan fingerprint density at radius 1 is 1.13 bits per heavy atom. The van der Waals surface area contributed by atoms with Gasteiger partial charge < -0.3 is 14.4 Å². The maximum absolute atomic E-state index is 12.5. The first-order valence-electron chi connectivity index (χ1n) is 9.56. The maximum atomic E-state index is 12.5. The summed E-state index contributed by atoms with van der Waals surface area (Å²) in [4.78, 5) is 30.7. The van der Waals surface area contributed by atoms with E-state index in [0.29, 0.717) is 34.1 Å². The monoisotopic (exact) mass is 419 g/mol. The summed E-state index contributed by atoms with van der Waals surface area (Å²) in [6.07, 6.45) is 0.0779. The fourth-order valence-corrected chi connectivity index (χ4v) is 3.40. The van der Waals surface area contributed by atoms with E-state index >= 15 is 0 Å². The number of carbonyl (C=O) groups is 2. The van der Waals surface area contributed by atoms with Gasteiger partial charge in [-0.3, -0.25) is 20.0 Å². The average molecular weight is 419 g/mol. The predicted molar refractivity (Wildman–Crippen MR) is 115 cm³/mol. The van der Waals surface area contributed by atoms with E-state index in [0.717, 1.165) is 5.56 Å². The molecule has 9 nitrogen and oxygen atoms in total. The molecule has 1 aliphatic heterocycles. The summed E-state index contributed by atoms with van der Waals surface area (Å²) in [5.74, 6) is 1.30. The van der Waals surface area contributed by atoms with Crippen molar-refractivity contribution in [1.29, 1.82) is 0 Å². The highest BCUT2D eigenvalue weighted by Crippen LogP contribution is 2.32. The van der Waals surface area contributed by atoms with Crippen LogP contribution in [0.5, 0.6) is 11.5 Å². The molecule has 3 aromatic rings. The van der Waals surface area contributed by atoms with Crippen LogP contribution in [-0.2, 0) is 4.79 Å². The quantitative estimate of drug-likeness (QED) is 0.609. The molecule has 0 fully saturated rings. The van der Waals surface area contributed by atoms with Crippen molar-refractivity contribution in [1.82, 2.24) is 20.1 Å². The molecule has 2 amide bonds. The zero-order valence-corrected chi connectivity index (χ0v) is 17.1. The number of nitrogens with zero attached hydrogens (tertiary/aromatic N) is 3. The van der Waals surface area contributed by atoms with Crippen LogP contribution < -0.4 is 14.8 Å². The van der Waals surface area contributed by atoms with Crippen LogP contribution >= 0.6 is 0 Å². The Kier molecular flexibility index (Phi) is 5.40. The molecule has 2 aromatic carbocycles. The number of fused-ring (bicyclic) bond motifs is 1. The van der Waals surface area contributed by atoms with Gasteiger partial charge in [-0.25, -0.2) is 0 Å². The highest BCUT2D eigenvalue weighted by atomic mass is 16.5. The summed E-state index contributed by atoms with van der Waals surface area (Å²) in [5, 5.41) is 9.47. The van der Waals surface area contributed by atoms with Crippen LogP contribution in [0, 0.1) is 0 Å². The normalized spacial score (nSPS) is 12.6. The van der Waals surface area contributed by atoms with Crippen molar-refractivity contribution >= 4 is 23.5 Å². The lowest BCUT2D eigenvalue weighted by Gasteiger charge is -2.16. The fraction of sp³-hybridized carbons (Fsp3) is 0.182. The number of H-pyrrole nitrogens is 1. The molecule has 4 rings (SSSR count). The first-order chi connectivity index (χ1) is 15.0. The minimum Gasteiger partial charge on any atom is -0.497 e. The Morgan fingerprint density at radius 2 is 1.90 bits per heavy atom. The van der Waals surface area contributed by atoms with Crippen molar-refractivity contribution in [3.63, 3.8) is 0 Å². The second-order valence-electron chi connectivity index (χ2n) is 6.82. The second-order valence-corrected chi connectivity index (χ2v) is 6.82. The van der Waals surface area contributed by atoms with Crippen LogP contribution in [0.1, 0.15) is 22.3 Å². The van der Waals surface area contributed by atoms with Gasteiger partial charge in [0.25, 0.3) is 5.91 Å². The van der Waals surface area contributed by atoms with Gasteiger partial charge in [-0.1, -0.05) is 24.8 Å². The van der Waals surface area contributed by atoms with Crippen LogP contribution in [0.15, 0.2) is 49.0 Å². The molecule has 0 atom stereocenters. The fourth-order valence-electron chi connectivity index (χ4n) is 3.40. The van der Waals surface area contributed by atoms with E-state index in [-0.39, 0.29) is 30.7 Å². The van der Waals surface area contributed by atoms with Crippen molar-refractivity contribution in [2.45, 2.75) is 6.42 Å². The van der Waals surface area contributed by atoms with E-state index in [1.54, 1.807) is 44.6 Å². The molecule has 0 bridgehead atoms. The summed E-state index contributed by atoms with van der Waals surface area (Å²) in [5.41, 5.74) is 2.66. The Morgan fingerprint density at radius 3 is 2.61 bits per heavy atom. The lowest BCUT2D eigenvalue weighted by Crippen LogP contribution is -2.27. The zero-order chi connectivity index (χ0) is 22.0. The zero-order valence-electron chi connectivity index (χ0n) is 17.1. The van der Waals surface area contributed by atoms with Crippen LogP contribution in [0.4, 0.5) is 5.95 Å². The predicted octanol–water partition coefficient (Wildman–Crippen LogP) is 2.94. The van der Waals surface area contributed by atoms with E-state index in [9.17, 15) is 9.59 Å². The summed E-state index contributed by atoms with van der Waals surface area (Å²) < 4.78 is 10.6. The van der Waals surface area contributed by atoms with Gasteiger partial charge in [0.05, 0.1) is 19.8 Å². The number of ether oxygens (including phenoxy) is 2. The molecule has 1 aliphatic rings. The summed E-state index contributed by atoms with van der Waals surface area (Å²) >= 11 is 0. The van der Waals surface area contributed by atoms with Gasteiger partial charge in [-0.05, 0) is 18.2 Å². The van der Waals surface area contributed by atoms with Gasteiger partial charge in [0.15, 0.2) is 5.82 Å². The lowest BCUT2D eigenvalue weighted by molar-refractivity contribution is -0.116. The number of nitrogens with one attached hydrogen (secondary N) is 2. The molecule has 2 heterocycles. The number of methoxy groups -OCH3 is 2. The van der Waals surface area contributed by atoms with Gasteiger partial charge in [-0.15, -0.1) is 5.10 Å². The topological polar surface area (TPSA) is 109 Å². The van der Waals surface area contributed by atoms with Crippen LogP contribution in [0.25, 0.3) is 17.1 Å². The van der Waals surface area contributed by atoms with Gasteiger partial charge in [0, 0.05) is 35.9 Å². The number of hydrogen-bond donors (Lipinski definition) is 2. The highest BCUT2D eigenvalue weighted by Gasteiger charge is 2.30. The van der Waals surface area contributed by atoms with Gasteiger partial charge in [0.2, 0.25) is 11.9 Å². The molecule has 2 N–H and O–H groups in total. The molecule has 0 saturated carbocycles. The molecule has 158 valence electrons. The molecule has 31 heavy (non-hydrogen) atoms. The van der Waals surface area contributed by atoms with Crippen molar-refractivity contribution in [2.75, 3.05) is 26.1 Å². The molecule has 0 radical (unpaired) electrons. The molecular formula is C22H21N5O4. The number of aromatic nitrogens is 3. The molecule has 0 aliphatic carbocycles. The number of amides is 2. The van der Waals surface area contributed by atoms with Gasteiger partial charge in [0.1, 0.15) is 11.5 Å². The average Bonchev–Trinajstić information content (AvgIpc) is 3.35. The number of benzene rings is 2. The Bertz CT molecular complexity index is 1140. The molecule has 1 aromatic heterocycles.